The molecule has 2 N–H and O–H groups in total. The molecule has 2 rings (SSSR count). The number of aliphatic hydroxyl groups is 1. The molecule has 0 bridgehead atoms. The molecule has 5 nitrogen and oxygen atoms in total. The van der Waals surface area contributed by atoms with Crippen molar-refractivity contribution in [3.63, 3.8) is 0 Å². The summed E-state index contributed by atoms with van der Waals surface area (Å²) in [5.41, 5.74) is 0.892. The van der Waals surface area contributed by atoms with Crippen molar-refractivity contribution in [2.45, 2.75) is 46.1 Å². The molecule has 2 atom stereocenters. The van der Waals surface area contributed by atoms with E-state index in [2.05, 4.69) is 15.3 Å². The van der Waals surface area contributed by atoms with Crippen molar-refractivity contribution in [2.24, 2.45) is 11.8 Å². The van der Waals surface area contributed by atoms with E-state index in [-0.39, 0.29) is 12.7 Å². The van der Waals surface area contributed by atoms with Crippen LogP contribution in [0.15, 0.2) is 6.07 Å². The van der Waals surface area contributed by atoms with Crippen LogP contribution in [-0.4, -0.2) is 34.3 Å². The Kier molecular flexibility index (Phi) is 5.17. The van der Waals surface area contributed by atoms with Crippen LogP contribution in [0.3, 0.4) is 0 Å². The van der Waals surface area contributed by atoms with Gasteiger partial charge in [0.05, 0.1) is 6.10 Å². The molecule has 1 fully saturated rings. The molecule has 0 spiro atoms. The summed E-state index contributed by atoms with van der Waals surface area (Å²) in [6, 6.07) is 1.84. The maximum atomic E-state index is 9.34. The van der Waals surface area contributed by atoms with Gasteiger partial charge in [0, 0.05) is 24.9 Å². The first-order chi connectivity index (χ1) is 9.58. The van der Waals surface area contributed by atoms with Crippen LogP contribution in [0.25, 0.3) is 0 Å². The molecular formula is C15H25N3O2. The number of ether oxygens (including phenoxy) is 1. The maximum Gasteiger partial charge on any atom is 0.226 e. The topological polar surface area (TPSA) is 67.3 Å². The van der Waals surface area contributed by atoms with Gasteiger partial charge in [-0.25, -0.2) is 4.98 Å². The largest absolute Gasteiger partial charge is 0.475 e. The summed E-state index contributed by atoms with van der Waals surface area (Å²) in [5.74, 6) is 2.15. The van der Waals surface area contributed by atoms with Crippen molar-refractivity contribution in [1.29, 1.82) is 0 Å². The van der Waals surface area contributed by atoms with Crippen molar-refractivity contribution in [1.82, 2.24) is 9.97 Å². The molecule has 1 aromatic rings. The van der Waals surface area contributed by atoms with E-state index in [1.165, 1.54) is 12.8 Å². The second-order valence-corrected chi connectivity index (χ2v) is 5.85. The number of nitrogens with one attached hydrogen (secondary N) is 1. The third kappa shape index (κ3) is 4.07. The lowest BCUT2D eigenvalue weighted by molar-refractivity contribution is 0.198. The molecule has 1 aliphatic rings. The van der Waals surface area contributed by atoms with E-state index in [1.807, 2.05) is 26.8 Å². The molecule has 0 aromatic carbocycles. The molecule has 0 radical (unpaired) electrons. The first-order valence-corrected chi connectivity index (χ1v) is 7.45. The summed E-state index contributed by atoms with van der Waals surface area (Å²) < 4.78 is 5.62. The van der Waals surface area contributed by atoms with Gasteiger partial charge in [0.15, 0.2) is 0 Å². The third-order valence-corrected chi connectivity index (χ3v) is 3.76. The molecule has 2 unspecified atom stereocenters. The highest BCUT2D eigenvalue weighted by Crippen LogP contribution is 2.31. The number of aliphatic hydroxyl groups excluding tert-OH is 1. The molecular weight excluding hydrogens is 254 g/mol. The Labute approximate surface area is 120 Å². The number of nitrogens with zero attached hydrogens (tertiary/aromatic N) is 2. The molecule has 1 heterocycles. The molecule has 5 heteroatoms. The number of anilines is 1. The third-order valence-electron chi connectivity index (χ3n) is 3.76. The number of aromatic nitrogens is 2. The van der Waals surface area contributed by atoms with E-state index in [1.54, 1.807) is 0 Å². The number of rotatable bonds is 6. The average molecular weight is 279 g/mol. The summed E-state index contributed by atoms with van der Waals surface area (Å²) in [5, 5.41) is 12.6. The van der Waals surface area contributed by atoms with Gasteiger partial charge in [-0.3, -0.25) is 0 Å². The quantitative estimate of drug-likeness (QED) is 0.837. The highest BCUT2D eigenvalue weighted by atomic mass is 16.5. The lowest BCUT2D eigenvalue weighted by Gasteiger charge is -2.18. The lowest BCUT2D eigenvalue weighted by Crippen LogP contribution is -2.22. The fraction of sp³-hybridized carbons (Fsp3) is 0.733. The normalized spacial score (nSPS) is 22.2. The van der Waals surface area contributed by atoms with Crippen molar-refractivity contribution in [3.8, 4) is 5.88 Å². The molecule has 20 heavy (non-hydrogen) atoms. The van der Waals surface area contributed by atoms with Gasteiger partial charge in [0.25, 0.3) is 0 Å². The Bertz CT molecular complexity index is 437. The molecule has 0 saturated heterocycles. The van der Waals surface area contributed by atoms with Crippen LogP contribution >= 0.6 is 0 Å². The zero-order valence-electron chi connectivity index (χ0n) is 12.6. The Hall–Kier alpha value is -1.36. The van der Waals surface area contributed by atoms with E-state index in [4.69, 9.17) is 4.74 Å². The highest BCUT2D eigenvalue weighted by Gasteiger charge is 2.26. The molecule has 0 amide bonds. The maximum absolute atomic E-state index is 9.34. The van der Waals surface area contributed by atoms with Crippen LogP contribution in [0.2, 0.25) is 0 Å². The minimum absolute atomic E-state index is 0.103. The van der Waals surface area contributed by atoms with E-state index < -0.39 is 0 Å². The Morgan fingerprint density at radius 2 is 2.10 bits per heavy atom. The van der Waals surface area contributed by atoms with Gasteiger partial charge in [-0.15, -0.1) is 0 Å². The van der Waals surface area contributed by atoms with E-state index in [0.717, 1.165) is 18.7 Å². The van der Waals surface area contributed by atoms with Gasteiger partial charge in [0.1, 0.15) is 0 Å². The SMILES string of the molecule is Cc1cc(OC(C)C)nc(NCC2CCCC2CO)n1. The zero-order chi connectivity index (χ0) is 14.5. The van der Waals surface area contributed by atoms with Crippen LogP contribution in [-0.2, 0) is 0 Å². The first-order valence-electron chi connectivity index (χ1n) is 7.45. The van der Waals surface area contributed by atoms with Crippen LogP contribution in [0, 0.1) is 18.8 Å². The molecule has 1 aliphatic carbocycles. The van der Waals surface area contributed by atoms with Crippen molar-refractivity contribution < 1.29 is 9.84 Å². The second kappa shape index (κ2) is 6.88. The average Bonchev–Trinajstić information content (AvgIpc) is 2.82. The predicted molar refractivity (Wildman–Crippen MR) is 78.9 cm³/mol. The van der Waals surface area contributed by atoms with Crippen molar-refractivity contribution in [2.75, 3.05) is 18.5 Å². The van der Waals surface area contributed by atoms with Crippen LogP contribution < -0.4 is 10.1 Å². The number of hydrogen-bond donors (Lipinski definition) is 2. The molecule has 112 valence electrons. The minimum atomic E-state index is 0.103. The van der Waals surface area contributed by atoms with Gasteiger partial charge in [0.2, 0.25) is 11.8 Å². The summed E-state index contributed by atoms with van der Waals surface area (Å²) in [6.45, 7) is 6.99. The van der Waals surface area contributed by atoms with Crippen LogP contribution in [0.1, 0.15) is 38.8 Å². The molecule has 1 aromatic heterocycles. The second-order valence-electron chi connectivity index (χ2n) is 5.85. The fourth-order valence-corrected chi connectivity index (χ4v) is 2.77. The number of aryl methyl sites for hydroxylation is 1. The van der Waals surface area contributed by atoms with Crippen LogP contribution in [0.4, 0.5) is 5.95 Å². The highest BCUT2D eigenvalue weighted by molar-refractivity contribution is 5.30. The van der Waals surface area contributed by atoms with E-state index in [9.17, 15) is 5.11 Å². The summed E-state index contributed by atoms with van der Waals surface area (Å²) in [6.07, 6.45) is 3.60. The summed E-state index contributed by atoms with van der Waals surface area (Å²) >= 11 is 0. The van der Waals surface area contributed by atoms with Gasteiger partial charge >= 0.3 is 0 Å². The van der Waals surface area contributed by atoms with Gasteiger partial charge < -0.3 is 15.2 Å². The minimum Gasteiger partial charge on any atom is -0.475 e. The van der Waals surface area contributed by atoms with Gasteiger partial charge in [-0.05, 0) is 45.4 Å². The Morgan fingerprint density at radius 1 is 1.35 bits per heavy atom. The monoisotopic (exact) mass is 279 g/mol. The summed E-state index contributed by atoms with van der Waals surface area (Å²) in [4.78, 5) is 8.77. The summed E-state index contributed by atoms with van der Waals surface area (Å²) in [7, 11) is 0. The first kappa shape index (κ1) is 15.0. The van der Waals surface area contributed by atoms with Gasteiger partial charge in [-0.1, -0.05) is 6.42 Å². The van der Waals surface area contributed by atoms with E-state index in [0.29, 0.717) is 23.7 Å². The Morgan fingerprint density at radius 3 is 2.80 bits per heavy atom. The zero-order valence-corrected chi connectivity index (χ0v) is 12.6. The molecule has 1 saturated carbocycles. The molecule has 0 aliphatic heterocycles. The van der Waals surface area contributed by atoms with Crippen LogP contribution in [0.5, 0.6) is 5.88 Å². The predicted octanol–water partition coefficient (Wildman–Crippen LogP) is 2.39. The standard InChI is InChI=1S/C15H25N3O2/c1-10(2)20-14-7-11(3)17-15(18-14)16-8-12-5-4-6-13(12)9-19/h7,10,12-13,19H,4-6,8-9H2,1-3H3,(H,16,17,18). The lowest BCUT2D eigenvalue weighted by atomic mass is 9.97. The van der Waals surface area contributed by atoms with Gasteiger partial charge in [-0.2, -0.15) is 4.98 Å². The smallest absolute Gasteiger partial charge is 0.226 e. The van der Waals surface area contributed by atoms with E-state index >= 15 is 0 Å². The number of hydrogen-bond acceptors (Lipinski definition) is 5. The van der Waals surface area contributed by atoms with Crippen molar-refractivity contribution in [3.05, 3.63) is 11.8 Å². The fourth-order valence-electron chi connectivity index (χ4n) is 2.77. The Balaban J connectivity index is 1.96. The van der Waals surface area contributed by atoms with Crippen molar-refractivity contribution >= 4 is 5.95 Å².